The molecule has 1 saturated heterocycles. The number of unbranched alkanes of at least 4 members (excludes halogenated alkanes) is 17. The molecule has 1 aliphatic heterocycles. The predicted molar refractivity (Wildman–Crippen MR) is 188 cm³/mol. The number of aliphatic hydroxyl groups is 3. The Labute approximate surface area is 296 Å². The van der Waals surface area contributed by atoms with Gasteiger partial charge in [0, 0.05) is 13.0 Å². The van der Waals surface area contributed by atoms with E-state index < -0.39 is 59.8 Å². The fraction of sp³-hybridized carbons (Fsp3) is 0.917. The van der Waals surface area contributed by atoms with Gasteiger partial charge < -0.3 is 34.3 Å². The topological polar surface area (TPSA) is 178 Å². The summed E-state index contributed by atoms with van der Waals surface area (Å²) >= 11 is 0. The Morgan fingerprint density at radius 3 is 1.84 bits per heavy atom. The first-order valence-electron chi connectivity index (χ1n) is 18.9. The molecule has 4 N–H and O–H groups in total. The Kier molecular flexibility index (Phi) is 27.5. The zero-order valence-electron chi connectivity index (χ0n) is 30.3. The largest absolute Gasteiger partial charge is 0.457 e. The molecule has 1 aliphatic rings. The minimum absolute atomic E-state index is 0.0360. The van der Waals surface area contributed by atoms with Gasteiger partial charge in [0.15, 0.2) is 6.29 Å². The van der Waals surface area contributed by atoms with Crippen molar-refractivity contribution in [2.45, 2.75) is 185 Å². The van der Waals surface area contributed by atoms with Crippen LogP contribution in [0.5, 0.6) is 0 Å². The summed E-state index contributed by atoms with van der Waals surface area (Å²) in [6.07, 6.45) is 18.4. The maximum Gasteiger partial charge on any atom is 0.397 e. The van der Waals surface area contributed by atoms with E-state index in [-0.39, 0.29) is 19.6 Å². The molecule has 0 amide bonds. The zero-order chi connectivity index (χ0) is 36.2. The lowest BCUT2D eigenvalue weighted by Crippen LogP contribution is -2.60. The summed E-state index contributed by atoms with van der Waals surface area (Å²) in [6, 6.07) is 0. The molecule has 0 aliphatic carbocycles. The molecule has 290 valence electrons. The first-order chi connectivity index (χ1) is 23.6. The Balaban J connectivity index is 2.51. The van der Waals surface area contributed by atoms with Crippen LogP contribution in [0.1, 0.15) is 149 Å². The van der Waals surface area contributed by atoms with E-state index in [4.69, 9.17) is 23.5 Å². The van der Waals surface area contributed by atoms with Crippen molar-refractivity contribution in [2.75, 3.05) is 26.4 Å². The third kappa shape index (κ3) is 23.8. The molecule has 0 radical (unpaired) electrons. The van der Waals surface area contributed by atoms with Crippen LogP contribution >= 0.6 is 0 Å². The van der Waals surface area contributed by atoms with Gasteiger partial charge in [-0.2, -0.15) is 8.42 Å². The minimum Gasteiger partial charge on any atom is -0.457 e. The fourth-order valence-corrected chi connectivity index (χ4v) is 6.23. The molecule has 1 rings (SSSR count). The lowest BCUT2D eigenvalue weighted by molar-refractivity contribution is -0.301. The average molecular weight is 725 g/mol. The average Bonchev–Trinajstić information content (AvgIpc) is 3.06. The minimum atomic E-state index is -5.05. The van der Waals surface area contributed by atoms with E-state index in [9.17, 15) is 28.5 Å². The Morgan fingerprint density at radius 2 is 1.29 bits per heavy atom. The summed E-state index contributed by atoms with van der Waals surface area (Å²) in [5.74, 6) is -0.410. The molecule has 6 unspecified atom stereocenters. The lowest BCUT2D eigenvalue weighted by atomic mass is 9.99. The van der Waals surface area contributed by atoms with Gasteiger partial charge in [0.2, 0.25) is 0 Å². The molecule has 0 bridgehead atoms. The standard InChI is InChI=1S/C36H68O12S/c1-3-5-7-9-11-13-14-15-16-17-18-19-21-23-25-32(38)46-30(28-44-26-24-22-20-12-10-8-6-4-2)29-45-36-34(40)35(48-49(41,42)43)33(39)31(27-37)47-36/h14-15,30-31,33-37,39-40H,3-13,16-29H2,1-2H3,(H,41,42,43)/b15-14-. The normalized spacial score (nSPS) is 22.1. The van der Waals surface area contributed by atoms with Crippen LogP contribution in [-0.4, -0.2) is 97.5 Å². The van der Waals surface area contributed by atoms with Crippen molar-refractivity contribution in [1.29, 1.82) is 0 Å². The monoisotopic (exact) mass is 724 g/mol. The summed E-state index contributed by atoms with van der Waals surface area (Å²) in [4.78, 5) is 12.7. The van der Waals surface area contributed by atoms with Gasteiger partial charge in [-0.15, -0.1) is 0 Å². The molecule has 0 aromatic rings. The van der Waals surface area contributed by atoms with Gasteiger partial charge in [0.05, 0.1) is 19.8 Å². The van der Waals surface area contributed by atoms with Crippen LogP contribution in [-0.2, 0) is 38.3 Å². The van der Waals surface area contributed by atoms with Crippen molar-refractivity contribution in [1.82, 2.24) is 0 Å². The van der Waals surface area contributed by atoms with Crippen LogP contribution in [0.3, 0.4) is 0 Å². The van der Waals surface area contributed by atoms with E-state index in [0.717, 1.165) is 57.8 Å². The fourth-order valence-electron chi connectivity index (χ4n) is 5.72. The van der Waals surface area contributed by atoms with E-state index in [1.54, 1.807) is 0 Å². The first kappa shape index (κ1) is 45.9. The number of aliphatic hydroxyl groups excluding tert-OH is 3. The molecule has 0 aromatic heterocycles. The summed E-state index contributed by atoms with van der Waals surface area (Å²) in [5, 5.41) is 30.4. The lowest BCUT2D eigenvalue weighted by Gasteiger charge is -2.41. The first-order valence-corrected chi connectivity index (χ1v) is 20.3. The molecule has 12 nitrogen and oxygen atoms in total. The number of hydrogen-bond acceptors (Lipinski definition) is 11. The van der Waals surface area contributed by atoms with E-state index >= 15 is 0 Å². The van der Waals surface area contributed by atoms with Crippen LogP contribution in [0.25, 0.3) is 0 Å². The van der Waals surface area contributed by atoms with E-state index in [0.29, 0.717) is 13.0 Å². The molecule has 0 aromatic carbocycles. The van der Waals surface area contributed by atoms with Crippen molar-refractivity contribution in [3.63, 3.8) is 0 Å². The highest BCUT2D eigenvalue weighted by molar-refractivity contribution is 7.80. The highest BCUT2D eigenvalue weighted by atomic mass is 32.3. The SMILES string of the molecule is CCCCCCC/C=C\CCCCCCCC(=O)OC(COCCCCCCCCCC)COC1OC(CO)C(O)C(OS(=O)(=O)O)C1O. The molecule has 1 heterocycles. The number of rotatable bonds is 32. The van der Waals surface area contributed by atoms with Crippen LogP contribution in [0.15, 0.2) is 12.2 Å². The Bertz CT molecular complexity index is 931. The highest BCUT2D eigenvalue weighted by Gasteiger charge is 2.48. The number of carbonyl (C=O) groups excluding carboxylic acids is 1. The second kappa shape index (κ2) is 29.4. The Hall–Kier alpha value is -1.16. The number of esters is 1. The van der Waals surface area contributed by atoms with Crippen molar-refractivity contribution < 1.29 is 56.2 Å². The molecule has 13 heteroatoms. The second-order valence-electron chi connectivity index (χ2n) is 13.2. The smallest absolute Gasteiger partial charge is 0.397 e. The van der Waals surface area contributed by atoms with Crippen molar-refractivity contribution in [3.8, 4) is 0 Å². The number of carbonyl (C=O) groups is 1. The molecule has 6 atom stereocenters. The molecule has 1 fully saturated rings. The van der Waals surface area contributed by atoms with Crippen LogP contribution in [0.2, 0.25) is 0 Å². The van der Waals surface area contributed by atoms with Crippen molar-refractivity contribution >= 4 is 16.4 Å². The van der Waals surface area contributed by atoms with E-state index in [1.807, 2.05) is 0 Å². The quantitative estimate of drug-likeness (QED) is 0.0262. The maximum absolute atomic E-state index is 12.7. The van der Waals surface area contributed by atoms with Crippen molar-refractivity contribution in [3.05, 3.63) is 12.2 Å². The Morgan fingerprint density at radius 1 is 0.755 bits per heavy atom. The molecular formula is C36H68O12S. The zero-order valence-corrected chi connectivity index (χ0v) is 31.1. The van der Waals surface area contributed by atoms with E-state index in [1.165, 1.54) is 64.2 Å². The predicted octanol–water partition coefficient (Wildman–Crippen LogP) is 6.35. The highest BCUT2D eigenvalue weighted by Crippen LogP contribution is 2.26. The maximum atomic E-state index is 12.7. The van der Waals surface area contributed by atoms with Crippen LogP contribution < -0.4 is 0 Å². The number of hydrogen-bond donors (Lipinski definition) is 4. The van der Waals surface area contributed by atoms with Gasteiger partial charge in [0.1, 0.15) is 30.5 Å². The number of allylic oxidation sites excluding steroid dienone is 2. The summed E-state index contributed by atoms with van der Waals surface area (Å²) in [5.41, 5.74) is 0. The molecular weight excluding hydrogens is 656 g/mol. The second-order valence-corrected chi connectivity index (χ2v) is 14.2. The van der Waals surface area contributed by atoms with Gasteiger partial charge in [-0.1, -0.05) is 116 Å². The van der Waals surface area contributed by atoms with Crippen molar-refractivity contribution in [2.24, 2.45) is 0 Å². The van der Waals surface area contributed by atoms with Gasteiger partial charge in [-0.25, -0.2) is 4.18 Å². The molecule has 0 spiro atoms. The third-order valence-corrected chi connectivity index (χ3v) is 9.10. The summed E-state index contributed by atoms with van der Waals surface area (Å²) < 4.78 is 58.6. The molecule has 0 saturated carbocycles. The van der Waals surface area contributed by atoms with Gasteiger partial charge in [0.25, 0.3) is 0 Å². The third-order valence-electron chi connectivity index (χ3n) is 8.64. The summed E-state index contributed by atoms with van der Waals surface area (Å²) in [6.45, 7) is 3.92. The van der Waals surface area contributed by atoms with Gasteiger partial charge >= 0.3 is 16.4 Å². The number of ether oxygens (including phenoxy) is 4. The summed E-state index contributed by atoms with van der Waals surface area (Å²) in [7, 11) is -5.05. The molecule has 49 heavy (non-hydrogen) atoms. The van der Waals surface area contributed by atoms with Gasteiger partial charge in [-0.05, 0) is 38.5 Å². The van der Waals surface area contributed by atoms with Crippen LogP contribution in [0, 0.1) is 0 Å². The van der Waals surface area contributed by atoms with E-state index in [2.05, 4.69) is 30.2 Å². The van der Waals surface area contributed by atoms with Crippen LogP contribution in [0.4, 0.5) is 0 Å². The van der Waals surface area contributed by atoms with Gasteiger partial charge in [-0.3, -0.25) is 9.35 Å².